The minimum Gasteiger partial charge on any atom is -0.493 e. The number of benzene rings is 2. The van der Waals surface area contributed by atoms with Crippen LogP contribution in [-0.2, 0) is 11.2 Å². The van der Waals surface area contributed by atoms with E-state index >= 15 is 0 Å². The van der Waals surface area contributed by atoms with Gasteiger partial charge in [-0.1, -0.05) is 24.3 Å². The van der Waals surface area contributed by atoms with Gasteiger partial charge < -0.3 is 14.4 Å². The molecule has 1 amide bonds. The molecule has 1 saturated heterocycles. The highest BCUT2D eigenvalue weighted by Crippen LogP contribution is 2.25. The summed E-state index contributed by atoms with van der Waals surface area (Å²) < 4.78 is 23.8. The maximum atomic E-state index is 12.9. The van der Waals surface area contributed by atoms with Crippen LogP contribution in [0.2, 0.25) is 0 Å². The van der Waals surface area contributed by atoms with Crippen molar-refractivity contribution in [1.29, 1.82) is 0 Å². The zero-order valence-electron chi connectivity index (χ0n) is 15.6. The molecule has 0 spiro atoms. The van der Waals surface area contributed by atoms with Crippen LogP contribution in [-0.4, -0.2) is 62.1 Å². The number of nitrogens with zero attached hydrogens (tertiary/aromatic N) is 2. The molecule has 0 N–H and O–H groups in total. The van der Waals surface area contributed by atoms with Gasteiger partial charge in [0.2, 0.25) is 0 Å². The van der Waals surface area contributed by atoms with Crippen molar-refractivity contribution in [3.8, 4) is 11.5 Å². The van der Waals surface area contributed by atoms with Crippen LogP contribution in [0.25, 0.3) is 0 Å². The van der Waals surface area contributed by atoms with Gasteiger partial charge in [0, 0.05) is 32.7 Å². The van der Waals surface area contributed by atoms with Gasteiger partial charge in [-0.15, -0.1) is 0 Å². The average molecular weight is 372 g/mol. The van der Waals surface area contributed by atoms with Gasteiger partial charge in [-0.2, -0.15) is 0 Å². The van der Waals surface area contributed by atoms with E-state index < -0.39 is 0 Å². The second-order valence-electron chi connectivity index (χ2n) is 6.54. The van der Waals surface area contributed by atoms with Crippen LogP contribution in [0.15, 0.2) is 48.5 Å². The van der Waals surface area contributed by atoms with E-state index in [1.54, 1.807) is 19.2 Å². The van der Waals surface area contributed by atoms with Crippen molar-refractivity contribution >= 4 is 5.91 Å². The highest BCUT2D eigenvalue weighted by molar-refractivity contribution is 5.78. The number of methoxy groups -OCH3 is 1. The zero-order chi connectivity index (χ0) is 19.1. The van der Waals surface area contributed by atoms with E-state index in [-0.39, 0.29) is 18.3 Å². The van der Waals surface area contributed by atoms with E-state index in [1.807, 2.05) is 29.2 Å². The summed E-state index contributed by atoms with van der Waals surface area (Å²) in [5.74, 6) is 0.975. The Kier molecular flexibility index (Phi) is 6.65. The second kappa shape index (κ2) is 9.37. The second-order valence-corrected chi connectivity index (χ2v) is 6.54. The van der Waals surface area contributed by atoms with Gasteiger partial charge in [0.05, 0.1) is 7.11 Å². The first-order valence-electron chi connectivity index (χ1n) is 9.16. The summed E-state index contributed by atoms with van der Waals surface area (Å²) in [6, 6.07) is 13.9. The SMILES string of the molecule is COc1ccccc1OCC(=O)N1CCN(CCc2ccc(F)cc2)CC1. The molecular weight excluding hydrogens is 347 g/mol. The molecule has 0 saturated carbocycles. The predicted octanol–water partition coefficient (Wildman–Crippen LogP) is 2.60. The Morgan fingerprint density at radius 2 is 1.67 bits per heavy atom. The fraction of sp³-hybridized carbons (Fsp3) is 0.381. The third kappa shape index (κ3) is 5.44. The van der Waals surface area contributed by atoms with Crippen molar-refractivity contribution in [3.05, 3.63) is 59.9 Å². The number of rotatable bonds is 7. The topological polar surface area (TPSA) is 42.0 Å². The normalized spacial score (nSPS) is 14.8. The molecule has 0 atom stereocenters. The van der Waals surface area contributed by atoms with Gasteiger partial charge in [-0.05, 0) is 36.2 Å². The lowest BCUT2D eigenvalue weighted by Crippen LogP contribution is -2.50. The number of halogens is 1. The third-order valence-electron chi connectivity index (χ3n) is 4.78. The lowest BCUT2D eigenvalue weighted by Gasteiger charge is -2.34. The lowest BCUT2D eigenvalue weighted by atomic mass is 10.1. The Hall–Kier alpha value is -2.60. The minimum absolute atomic E-state index is 0.00987. The molecule has 1 aliphatic heterocycles. The summed E-state index contributed by atoms with van der Waals surface area (Å²) in [6.07, 6.45) is 0.880. The monoisotopic (exact) mass is 372 g/mol. The number of piperazine rings is 1. The highest BCUT2D eigenvalue weighted by Gasteiger charge is 2.21. The van der Waals surface area contributed by atoms with Crippen LogP contribution in [0, 0.1) is 5.82 Å². The number of hydrogen-bond acceptors (Lipinski definition) is 4. The Balaban J connectivity index is 1.40. The number of carbonyl (C=O) groups is 1. The number of para-hydroxylation sites is 2. The first kappa shape index (κ1) is 19.2. The van der Waals surface area contributed by atoms with E-state index in [0.29, 0.717) is 24.6 Å². The molecular formula is C21H25FN2O3. The van der Waals surface area contributed by atoms with Gasteiger partial charge in [-0.3, -0.25) is 9.69 Å². The van der Waals surface area contributed by atoms with Crippen LogP contribution in [0.5, 0.6) is 11.5 Å². The van der Waals surface area contributed by atoms with Gasteiger partial charge in [-0.25, -0.2) is 4.39 Å². The number of hydrogen-bond donors (Lipinski definition) is 0. The first-order valence-corrected chi connectivity index (χ1v) is 9.16. The quantitative estimate of drug-likeness (QED) is 0.749. The van der Waals surface area contributed by atoms with Crippen LogP contribution < -0.4 is 9.47 Å². The summed E-state index contributed by atoms with van der Waals surface area (Å²) in [4.78, 5) is 16.6. The van der Waals surface area contributed by atoms with Crippen molar-refractivity contribution in [2.24, 2.45) is 0 Å². The third-order valence-corrected chi connectivity index (χ3v) is 4.78. The van der Waals surface area contributed by atoms with Gasteiger partial charge in [0.1, 0.15) is 5.82 Å². The molecule has 0 unspecified atom stereocenters. The molecule has 1 aliphatic rings. The highest BCUT2D eigenvalue weighted by atomic mass is 19.1. The fourth-order valence-corrected chi connectivity index (χ4v) is 3.13. The maximum absolute atomic E-state index is 12.9. The Morgan fingerprint density at radius 1 is 1.00 bits per heavy atom. The van der Waals surface area contributed by atoms with Crippen molar-refractivity contribution in [3.63, 3.8) is 0 Å². The molecule has 1 fully saturated rings. The van der Waals surface area contributed by atoms with Crippen molar-refractivity contribution in [2.45, 2.75) is 6.42 Å². The van der Waals surface area contributed by atoms with Crippen molar-refractivity contribution < 1.29 is 18.7 Å². The fourth-order valence-electron chi connectivity index (χ4n) is 3.13. The molecule has 2 aromatic carbocycles. The maximum Gasteiger partial charge on any atom is 0.260 e. The Labute approximate surface area is 159 Å². The Bertz CT molecular complexity index is 743. The molecule has 6 heteroatoms. The number of ether oxygens (including phenoxy) is 2. The number of carbonyl (C=O) groups excluding carboxylic acids is 1. The zero-order valence-corrected chi connectivity index (χ0v) is 15.6. The molecule has 0 radical (unpaired) electrons. The summed E-state index contributed by atoms with van der Waals surface area (Å²) >= 11 is 0. The van der Waals surface area contributed by atoms with Crippen molar-refractivity contribution in [1.82, 2.24) is 9.80 Å². The molecule has 2 aromatic rings. The number of amides is 1. The molecule has 144 valence electrons. The van der Waals surface area contributed by atoms with Crippen molar-refractivity contribution in [2.75, 3.05) is 46.4 Å². The molecule has 0 aromatic heterocycles. The standard InChI is InChI=1S/C21H25FN2O3/c1-26-19-4-2-3-5-20(19)27-16-21(25)24-14-12-23(13-15-24)11-10-17-6-8-18(22)9-7-17/h2-9H,10-16H2,1H3. The van der Waals surface area contributed by atoms with E-state index in [0.717, 1.165) is 31.6 Å². The molecule has 0 bridgehead atoms. The molecule has 0 aliphatic carbocycles. The minimum atomic E-state index is -0.207. The summed E-state index contributed by atoms with van der Waals surface area (Å²) in [5, 5.41) is 0. The van der Waals surface area contributed by atoms with E-state index in [2.05, 4.69) is 4.90 Å². The summed E-state index contributed by atoms with van der Waals surface area (Å²) in [6.45, 7) is 3.97. The smallest absolute Gasteiger partial charge is 0.260 e. The molecule has 5 nitrogen and oxygen atoms in total. The summed E-state index contributed by atoms with van der Waals surface area (Å²) in [7, 11) is 1.58. The van der Waals surface area contributed by atoms with Gasteiger partial charge in [0.15, 0.2) is 18.1 Å². The largest absolute Gasteiger partial charge is 0.493 e. The van der Waals surface area contributed by atoms with Crippen LogP contribution in [0.3, 0.4) is 0 Å². The lowest BCUT2D eigenvalue weighted by molar-refractivity contribution is -0.135. The average Bonchev–Trinajstić information content (AvgIpc) is 2.72. The Morgan fingerprint density at radius 3 is 2.33 bits per heavy atom. The molecule has 27 heavy (non-hydrogen) atoms. The van der Waals surface area contributed by atoms with E-state index in [9.17, 15) is 9.18 Å². The first-order chi connectivity index (χ1) is 13.2. The van der Waals surface area contributed by atoms with Gasteiger partial charge >= 0.3 is 0 Å². The summed E-state index contributed by atoms with van der Waals surface area (Å²) in [5.41, 5.74) is 1.13. The van der Waals surface area contributed by atoms with Gasteiger partial charge in [0.25, 0.3) is 5.91 Å². The van der Waals surface area contributed by atoms with Crippen LogP contribution in [0.1, 0.15) is 5.56 Å². The van der Waals surface area contributed by atoms with E-state index in [4.69, 9.17) is 9.47 Å². The van der Waals surface area contributed by atoms with E-state index in [1.165, 1.54) is 12.1 Å². The van der Waals surface area contributed by atoms with Crippen LogP contribution >= 0.6 is 0 Å². The van der Waals surface area contributed by atoms with Crippen LogP contribution in [0.4, 0.5) is 4.39 Å². The predicted molar refractivity (Wildman–Crippen MR) is 102 cm³/mol. The molecule has 1 heterocycles. The molecule has 3 rings (SSSR count).